The second kappa shape index (κ2) is 7.91. The topological polar surface area (TPSA) is 80.7 Å². The first-order valence-corrected chi connectivity index (χ1v) is 13.2. The van der Waals surface area contributed by atoms with Crippen LogP contribution in [0.2, 0.25) is 0 Å². The van der Waals surface area contributed by atoms with Gasteiger partial charge in [-0.1, -0.05) is 49.2 Å². The number of ketones is 2. The van der Waals surface area contributed by atoms with E-state index in [0.717, 1.165) is 24.8 Å². The second-order valence-corrected chi connectivity index (χ2v) is 12.5. The molecule has 7 heteroatoms. The van der Waals surface area contributed by atoms with Crippen molar-refractivity contribution in [3.8, 4) is 0 Å². The molecule has 5 nitrogen and oxygen atoms in total. The monoisotopic (exact) mass is 528 g/mol. The Kier molecular flexibility index (Phi) is 6.03. The molecule has 0 aliphatic heterocycles. The molecule has 0 saturated heterocycles. The highest BCUT2D eigenvalue weighted by Gasteiger charge is 2.76. The molecule has 3 fully saturated rings. The predicted molar refractivity (Wildman–Crippen MR) is 126 cm³/mol. The number of Topliss-reactive ketones (excluding diaryl/α,β-unsaturated/α-hetero) is 1. The molecule has 0 unspecified atom stereocenters. The van der Waals surface area contributed by atoms with E-state index in [0.29, 0.717) is 19.3 Å². The molecule has 32 heavy (non-hydrogen) atoms. The van der Waals surface area contributed by atoms with Crippen LogP contribution in [-0.2, 0) is 19.1 Å². The first-order chi connectivity index (χ1) is 14.9. The number of allylic oxidation sites excluding steroid dienone is 1. The van der Waals surface area contributed by atoms with Gasteiger partial charge in [0.15, 0.2) is 17.2 Å². The standard InChI is InChI=1S/C25H34BrClO5/c1-5-21(31)32-25(20(30)13-27)14(2)10-18-17-7-6-15-11-16(28)8-9-22(15,3)24(17,26)19(29)12-23(18,25)4/h11,14,17-19,29H,5-10,12-13H2,1-4H3/t14-,17-,18-,19-,22-,23-,24-,25-/m0/s1. The van der Waals surface area contributed by atoms with E-state index in [1.165, 1.54) is 0 Å². The number of aliphatic hydroxyl groups excluding tert-OH is 1. The minimum atomic E-state index is -1.33. The summed E-state index contributed by atoms with van der Waals surface area (Å²) in [6.07, 6.45) is 5.08. The minimum absolute atomic E-state index is 0.0769. The van der Waals surface area contributed by atoms with Gasteiger partial charge in [0.05, 0.1) is 16.3 Å². The molecule has 0 heterocycles. The lowest BCUT2D eigenvalue weighted by Gasteiger charge is -2.65. The smallest absolute Gasteiger partial charge is 0.306 e. The van der Waals surface area contributed by atoms with Gasteiger partial charge in [-0.15, -0.1) is 11.6 Å². The highest BCUT2D eigenvalue weighted by Crippen LogP contribution is 2.73. The Morgan fingerprint density at radius 3 is 2.59 bits per heavy atom. The van der Waals surface area contributed by atoms with Gasteiger partial charge in [-0.3, -0.25) is 14.4 Å². The number of aliphatic hydroxyl groups is 1. The molecule has 178 valence electrons. The third-order valence-electron chi connectivity index (χ3n) is 9.68. The summed E-state index contributed by atoms with van der Waals surface area (Å²) < 4.78 is 5.44. The molecule has 0 amide bonds. The zero-order chi connectivity index (χ0) is 23.7. The maximum absolute atomic E-state index is 13.4. The summed E-state index contributed by atoms with van der Waals surface area (Å²) in [6.45, 7) is 7.89. The van der Waals surface area contributed by atoms with Crippen LogP contribution in [-0.4, -0.2) is 44.6 Å². The van der Waals surface area contributed by atoms with Gasteiger partial charge in [-0.05, 0) is 50.0 Å². The van der Waals surface area contributed by atoms with Gasteiger partial charge >= 0.3 is 5.97 Å². The van der Waals surface area contributed by atoms with Crippen molar-refractivity contribution >= 4 is 45.1 Å². The Bertz CT molecular complexity index is 888. The molecule has 1 N–H and O–H groups in total. The van der Waals surface area contributed by atoms with Crippen molar-refractivity contribution in [1.82, 2.24) is 0 Å². The quantitative estimate of drug-likeness (QED) is 0.420. The number of hydrogen-bond acceptors (Lipinski definition) is 5. The predicted octanol–water partition coefficient (Wildman–Crippen LogP) is 4.75. The molecular weight excluding hydrogens is 496 g/mol. The van der Waals surface area contributed by atoms with Crippen LogP contribution in [0.15, 0.2) is 11.6 Å². The van der Waals surface area contributed by atoms with Crippen LogP contribution in [0.4, 0.5) is 0 Å². The van der Waals surface area contributed by atoms with Gasteiger partial charge < -0.3 is 9.84 Å². The molecular formula is C25H34BrClO5. The number of ether oxygens (including phenoxy) is 1. The van der Waals surface area contributed by atoms with Crippen molar-refractivity contribution in [2.45, 2.75) is 88.7 Å². The highest BCUT2D eigenvalue weighted by atomic mass is 79.9. The van der Waals surface area contributed by atoms with Crippen LogP contribution in [0, 0.1) is 28.6 Å². The maximum Gasteiger partial charge on any atom is 0.306 e. The van der Waals surface area contributed by atoms with Gasteiger partial charge in [-0.25, -0.2) is 0 Å². The van der Waals surface area contributed by atoms with Crippen molar-refractivity contribution in [3.63, 3.8) is 0 Å². The van der Waals surface area contributed by atoms with E-state index in [9.17, 15) is 19.5 Å². The molecule has 8 atom stereocenters. The van der Waals surface area contributed by atoms with Gasteiger partial charge in [0, 0.05) is 29.6 Å². The molecule has 0 spiro atoms. The van der Waals surface area contributed by atoms with Crippen LogP contribution < -0.4 is 0 Å². The fourth-order valence-electron chi connectivity index (χ4n) is 8.11. The zero-order valence-electron chi connectivity index (χ0n) is 19.4. The maximum atomic E-state index is 13.4. The summed E-state index contributed by atoms with van der Waals surface area (Å²) in [5, 5.41) is 11.8. The summed E-state index contributed by atoms with van der Waals surface area (Å²) in [4.78, 5) is 38.1. The molecule has 0 radical (unpaired) electrons. The van der Waals surface area contributed by atoms with Crippen LogP contribution in [0.1, 0.15) is 72.6 Å². The van der Waals surface area contributed by atoms with E-state index in [1.54, 1.807) is 13.0 Å². The van der Waals surface area contributed by atoms with Crippen LogP contribution >= 0.6 is 27.5 Å². The van der Waals surface area contributed by atoms with Gasteiger partial charge in [-0.2, -0.15) is 0 Å². The van der Waals surface area contributed by atoms with Gasteiger partial charge in [0.2, 0.25) is 0 Å². The number of carbonyl (C=O) groups is 3. The average molecular weight is 530 g/mol. The number of esters is 1. The Labute approximate surface area is 203 Å². The Morgan fingerprint density at radius 1 is 1.28 bits per heavy atom. The Hall–Kier alpha value is -0.720. The summed E-state index contributed by atoms with van der Waals surface area (Å²) >= 11 is 10.2. The Morgan fingerprint density at radius 2 is 1.97 bits per heavy atom. The normalized spacial score (nSPS) is 47.7. The minimum Gasteiger partial charge on any atom is -0.450 e. The molecule has 0 aromatic rings. The van der Waals surface area contributed by atoms with Crippen molar-refractivity contribution < 1.29 is 24.2 Å². The Balaban J connectivity index is 1.84. The van der Waals surface area contributed by atoms with E-state index < -0.39 is 27.4 Å². The van der Waals surface area contributed by atoms with Crippen molar-refractivity contribution in [1.29, 1.82) is 0 Å². The van der Waals surface area contributed by atoms with Crippen LogP contribution in [0.3, 0.4) is 0 Å². The second-order valence-electron chi connectivity index (χ2n) is 10.9. The molecule has 0 bridgehead atoms. The van der Waals surface area contributed by atoms with E-state index in [1.807, 2.05) is 13.8 Å². The number of hydrogen-bond donors (Lipinski definition) is 1. The number of fused-ring (bicyclic) bond motifs is 5. The fourth-order valence-corrected chi connectivity index (χ4v) is 9.47. The number of halogens is 2. The molecule has 4 aliphatic carbocycles. The lowest BCUT2D eigenvalue weighted by atomic mass is 9.45. The van der Waals surface area contributed by atoms with Crippen molar-refractivity contribution in [2.75, 3.05) is 5.88 Å². The summed E-state index contributed by atoms with van der Waals surface area (Å²) in [5.74, 6) is -0.773. The average Bonchev–Trinajstić information content (AvgIpc) is 2.96. The van der Waals surface area contributed by atoms with Crippen molar-refractivity contribution in [2.24, 2.45) is 28.6 Å². The third-order valence-corrected chi connectivity index (χ3v) is 11.9. The van der Waals surface area contributed by atoms with E-state index >= 15 is 0 Å². The largest absolute Gasteiger partial charge is 0.450 e. The molecule has 0 aromatic carbocycles. The SMILES string of the molecule is CCC(=O)O[C@]1(C(=O)CCl)[C@@H](C)C[C@H]2[C@@H]3CCC4=CC(=O)CC[C@]4(C)[C@@]3(Br)[C@@H](O)C[C@@]21C. The third kappa shape index (κ3) is 2.87. The molecule has 4 rings (SSSR count). The summed E-state index contributed by atoms with van der Waals surface area (Å²) in [5.41, 5.74) is -1.26. The van der Waals surface area contributed by atoms with Gasteiger partial charge in [0.25, 0.3) is 0 Å². The molecule has 0 aromatic heterocycles. The highest BCUT2D eigenvalue weighted by molar-refractivity contribution is 9.10. The van der Waals surface area contributed by atoms with Gasteiger partial charge in [0.1, 0.15) is 0 Å². The van der Waals surface area contributed by atoms with E-state index in [4.69, 9.17) is 16.3 Å². The fraction of sp³-hybridized carbons (Fsp3) is 0.800. The van der Waals surface area contributed by atoms with Crippen molar-refractivity contribution in [3.05, 3.63) is 11.6 Å². The first-order valence-electron chi connectivity index (χ1n) is 11.8. The first kappa shape index (κ1) is 24.4. The summed E-state index contributed by atoms with van der Waals surface area (Å²) in [7, 11) is 0. The lowest BCUT2D eigenvalue weighted by molar-refractivity contribution is -0.200. The van der Waals surface area contributed by atoms with E-state index in [-0.39, 0.29) is 47.0 Å². The molecule has 3 saturated carbocycles. The number of carbonyl (C=O) groups excluding carboxylic acids is 3. The number of alkyl halides is 2. The summed E-state index contributed by atoms with van der Waals surface area (Å²) in [6, 6.07) is 0. The van der Waals surface area contributed by atoms with Crippen LogP contribution in [0.25, 0.3) is 0 Å². The lowest BCUT2D eigenvalue weighted by Crippen LogP contribution is -2.69. The van der Waals surface area contributed by atoms with E-state index in [2.05, 4.69) is 22.9 Å². The number of rotatable bonds is 4. The van der Waals surface area contributed by atoms with Crippen LogP contribution in [0.5, 0.6) is 0 Å². The molecule has 4 aliphatic rings. The zero-order valence-corrected chi connectivity index (χ0v) is 21.7.